The van der Waals surface area contributed by atoms with Crippen LogP contribution >= 0.6 is 0 Å². The minimum atomic E-state index is -0.577. The number of aliphatic hydroxyl groups excluding tert-OH is 1. The minimum absolute atomic E-state index is 0.0873. The summed E-state index contributed by atoms with van der Waals surface area (Å²) in [6.45, 7) is 4.97. The molecule has 1 aromatic carbocycles. The van der Waals surface area contributed by atoms with Crippen molar-refractivity contribution in [3.63, 3.8) is 0 Å². The van der Waals surface area contributed by atoms with Crippen molar-refractivity contribution < 1.29 is 14.3 Å². The van der Waals surface area contributed by atoms with E-state index in [1.807, 2.05) is 10.7 Å². The molecule has 6 nitrogen and oxygen atoms in total. The molecule has 1 aliphatic rings. The maximum atomic E-state index is 13.6. The number of amides is 1. The van der Waals surface area contributed by atoms with Crippen molar-refractivity contribution in [3.05, 3.63) is 53.1 Å². The topological polar surface area (TPSA) is 70.4 Å². The largest absolute Gasteiger partial charge is 0.387 e. The van der Waals surface area contributed by atoms with Crippen molar-refractivity contribution in [2.75, 3.05) is 13.1 Å². The standard InChI is InChI=1S/C19H25FN4O2/c1-14(25)18-11-16-13-23(8-4-9-24(16)22-18)10-7-19(26)21-12-15-5-2-3-6-17(15)20/h2-3,5-6,11,14,25H,4,7-10,12-13H2,1H3,(H,21,26). The molecule has 1 atom stereocenters. The highest BCUT2D eigenvalue weighted by atomic mass is 19.1. The van der Waals surface area contributed by atoms with E-state index in [2.05, 4.69) is 15.3 Å². The van der Waals surface area contributed by atoms with Crippen LogP contribution in [0.5, 0.6) is 0 Å². The Bertz CT molecular complexity index is 760. The molecule has 0 spiro atoms. The van der Waals surface area contributed by atoms with Gasteiger partial charge in [-0.25, -0.2) is 4.39 Å². The fourth-order valence-electron chi connectivity index (χ4n) is 3.13. The van der Waals surface area contributed by atoms with E-state index in [-0.39, 0.29) is 18.3 Å². The summed E-state index contributed by atoms with van der Waals surface area (Å²) in [4.78, 5) is 14.3. The second-order valence-electron chi connectivity index (χ2n) is 6.71. The molecule has 1 aromatic heterocycles. The van der Waals surface area contributed by atoms with Crippen molar-refractivity contribution in [1.29, 1.82) is 0 Å². The van der Waals surface area contributed by atoms with E-state index >= 15 is 0 Å². The van der Waals surface area contributed by atoms with Gasteiger partial charge >= 0.3 is 0 Å². The van der Waals surface area contributed by atoms with Crippen LogP contribution in [0.3, 0.4) is 0 Å². The Morgan fingerprint density at radius 1 is 1.38 bits per heavy atom. The summed E-state index contributed by atoms with van der Waals surface area (Å²) in [5.74, 6) is -0.391. The molecule has 0 saturated carbocycles. The predicted octanol–water partition coefficient (Wildman–Crippen LogP) is 1.99. The normalized spacial score (nSPS) is 16.0. The number of aromatic nitrogens is 2. The van der Waals surface area contributed by atoms with Gasteiger partial charge in [-0.3, -0.25) is 14.4 Å². The fraction of sp³-hybridized carbons (Fsp3) is 0.474. The van der Waals surface area contributed by atoms with E-state index in [4.69, 9.17) is 0 Å². The van der Waals surface area contributed by atoms with Crippen LogP contribution in [0.4, 0.5) is 4.39 Å². The Labute approximate surface area is 152 Å². The van der Waals surface area contributed by atoms with Crippen LogP contribution in [0, 0.1) is 5.82 Å². The van der Waals surface area contributed by atoms with Gasteiger partial charge in [0.2, 0.25) is 5.91 Å². The molecule has 1 unspecified atom stereocenters. The number of fused-ring (bicyclic) bond motifs is 1. The third-order valence-electron chi connectivity index (χ3n) is 4.63. The van der Waals surface area contributed by atoms with Crippen molar-refractivity contribution in [1.82, 2.24) is 20.0 Å². The Balaban J connectivity index is 1.49. The van der Waals surface area contributed by atoms with Gasteiger partial charge < -0.3 is 10.4 Å². The molecule has 0 bridgehead atoms. The van der Waals surface area contributed by atoms with Gasteiger partial charge in [0.05, 0.1) is 17.5 Å². The van der Waals surface area contributed by atoms with Crippen LogP contribution in [0.25, 0.3) is 0 Å². The summed E-state index contributed by atoms with van der Waals surface area (Å²) in [5, 5.41) is 16.9. The van der Waals surface area contributed by atoms with E-state index in [1.54, 1.807) is 25.1 Å². The number of halogens is 1. The van der Waals surface area contributed by atoms with Gasteiger partial charge in [-0.1, -0.05) is 18.2 Å². The summed E-state index contributed by atoms with van der Waals surface area (Å²) in [5.41, 5.74) is 2.24. The van der Waals surface area contributed by atoms with Crippen molar-refractivity contribution >= 4 is 5.91 Å². The monoisotopic (exact) mass is 360 g/mol. The molecule has 2 aromatic rings. The lowest BCUT2D eigenvalue weighted by molar-refractivity contribution is -0.121. The van der Waals surface area contributed by atoms with Crippen molar-refractivity contribution in [2.45, 2.75) is 45.5 Å². The average Bonchev–Trinajstić information content (AvgIpc) is 2.92. The average molecular weight is 360 g/mol. The number of aliphatic hydroxyl groups is 1. The van der Waals surface area contributed by atoms with E-state index in [0.29, 0.717) is 30.8 Å². The number of hydrogen-bond donors (Lipinski definition) is 2. The van der Waals surface area contributed by atoms with E-state index in [9.17, 15) is 14.3 Å². The molecule has 2 heterocycles. The first-order valence-electron chi connectivity index (χ1n) is 9.00. The Hall–Kier alpha value is -2.25. The molecule has 0 saturated heterocycles. The SMILES string of the molecule is CC(O)c1cc2n(n1)CCCN(CCC(=O)NCc1ccccc1F)C2. The third kappa shape index (κ3) is 4.68. The lowest BCUT2D eigenvalue weighted by Crippen LogP contribution is -2.30. The molecular weight excluding hydrogens is 335 g/mol. The highest BCUT2D eigenvalue weighted by molar-refractivity contribution is 5.76. The number of rotatable bonds is 6. The molecule has 0 fully saturated rings. The van der Waals surface area contributed by atoms with Gasteiger partial charge in [0.15, 0.2) is 0 Å². The quantitative estimate of drug-likeness (QED) is 0.827. The van der Waals surface area contributed by atoms with Crippen LogP contribution in [0.15, 0.2) is 30.3 Å². The molecule has 2 N–H and O–H groups in total. The molecular formula is C19H25FN4O2. The zero-order valence-electron chi connectivity index (χ0n) is 15.0. The van der Waals surface area contributed by atoms with Gasteiger partial charge in [-0.05, 0) is 25.5 Å². The second-order valence-corrected chi connectivity index (χ2v) is 6.71. The highest BCUT2D eigenvalue weighted by Crippen LogP contribution is 2.18. The highest BCUT2D eigenvalue weighted by Gasteiger charge is 2.18. The summed E-state index contributed by atoms with van der Waals surface area (Å²) >= 11 is 0. The number of carbonyl (C=O) groups is 1. The first kappa shape index (κ1) is 18.5. The summed E-state index contributed by atoms with van der Waals surface area (Å²) in [7, 11) is 0. The van der Waals surface area contributed by atoms with Gasteiger partial charge in [-0.15, -0.1) is 0 Å². The summed E-state index contributed by atoms with van der Waals surface area (Å²) < 4.78 is 15.5. The van der Waals surface area contributed by atoms with Gasteiger partial charge in [-0.2, -0.15) is 5.10 Å². The first-order valence-corrected chi connectivity index (χ1v) is 9.00. The number of carbonyl (C=O) groups excluding carboxylic acids is 1. The second kappa shape index (κ2) is 8.42. The Kier molecular flexibility index (Phi) is 6.00. The smallest absolute Gasteiger partial charge is 0.221 e. The van der Waals surface area contributed by atoms with E-state index in [0.717, 1.165) is 25.2 Å². The minimum Gasteiger partial charge on any atom is -0.387 e. The third-order valence-corrected chi connectivity index (χ3v) is 4.63. The number of benzene rings is 1. The Morgan fingerprint density at radius 3 is 2.96 bits per heavy atom. The molecule has 140 valence electrons. The van der Waals surface area contributed by atoms with Crippen LogP contribution in [0.2, 0.25) is 0 Å². The zero-order chi connectivity index (χ0) is 18.5. The van der Waals surface area contributed by atoms with Gasteiger partial charge in [0.1, 0.15) is 5.82 Å². The molecule has 3 rings (SSSR count). The van der Waals surface area contributed by atoms with Crippen LogP contribution in [-0.4, -0.2) is 38.8 Å². The van der Waals surface area contributed by atoms with Crippen molar-refractivity contribution in [3.8, 4) is 0 Å². The van der Waals surface area contributed by atoms with Crippen molar-refractivity contribution in [2.24, 2.45) is 0 Å². The van der Waals surface area contributed by atoms with Gasteiger partial charge in [0.25, 0.3) is 0 Å². The molecule has 0 radical (unpaired) electrons. The van der Waals surface area contributed by atoms with Crippen LogP contribution in [-0.2, 0) is 24.4 Å². The zero-order valence-corrected chi connectivity index (χ0v) is 15.0. The number of aryl methyl sites for hydroxylation is 1. The maximum absolute atomic E-state index is 13.6. The predicted molar refractivity (Wildman–Crippen MR) is 95.6 cm³/mol. The lowest BCUT2D eigenvalue weighted by Gasteiger charge is -2.19. The molecule has 1 aliphatic heterocycles. The fourth-order valence-corrected chi connectivity index (χ4v) is 3.13. The van der Waals surface area contributed by atoms with E-state index in [1.165, 1.54) is 6.07 Å². The van der Waals surface area contributed by atoms with Crippen LogP contribution in [0.1, 0.15) is 42.8 Å². The number of nitrogens with one attached hydrogen (secondary N) is 1. The van der Waals surface area contributed by atoms with Crippen LogP contribution < -0.4 is 5.32 Å². The molecule has 26 heavy (non-hydrogen) atoms. The first-order chi connectivity index (χ1) is 12.5. The van der Waals surface area contributed by atoms with E-state index < -0.39 is 6.10 Å². The van der Waals surface area contributed by atoms with Gasteiger partial charge in [0, 0.05) is 44.7 Å². The number of nitrogens with zero attached hydrogens (tertiary/aromatic N) is 3. The molecule has 0 aliphatic carbocycles. The Morgan fingerprint density at radius 2 is 2.19 bits per heavy atom. The maximum Gasteiger partial charge on any atom is 0.221 e. The summed E-state index contributed by atoms with van der Waals surface area (Å²) in [6.07, 6.45) is 0.739. The number of hydrogen-bond acceptors (Lipinski definition) is 4. The summed E-state index contributed by atoms with van der Waals surface area (Å²) in [6, 6.07) is 8.38. The molecule has 1 amide bonds. The molecule has 7 heteroatoms. The lowest BCUT2D eigenvalue weighted by atomic mass is 10.2.